The number of amides is 1. The highest BCUT2D eigenvalue weighted by Crippen LogP contribution is 2.48. The van der Waals surface area contributed by atoms with Gasteiger partial charge in [-0.15, -0.1) is 11.3 Å². The molecule has 1 saturated carbocycles. The minimum atomic E-state index is -0.914. The molecular weight excluding hydrogens is 412 g/mol. The molecule has 2 N–H and O–H groups in total. The summed E-state index contributed by atoms with van der Waals surface area (Å²) in [5, 5.41) is 12.4. The maximum Gasteiger partial charge on any atom is 0.316 e. The van der Waals surface area contributed by atoms with E-state index in [1.165, 1.54) is 23.1 Å². The van der Waals surface area contributed by atoms with Crippen LogP contribution in [0.1, 0.15) is 13.3 Å². The molecule has 1 aromatic carbocycles. The van der Waals surface area contributed by atoms with Gasteiger partial charge in [0.05, 0.1) is 34.4 Å². The fourth-order valence-electron chi connectivity index (χ4n) is 4.11. The third-order valence-corrected chi connectivity index (χ3v) is 7.44. The Balaban J connectivity index is 1.46. The van der Waals surface area contributed by atoms with E-state index >= 15 is 0 Å². The van der Waals surface area contributed by atoms with Gasteiger partial charge < -0.3 is 15.2 Å². The van der Waals surface area contributed by atoms with E-state index in [2.05, 4.69) is 10.3 Å². The van der Waals surface area contributed by atoms with E-state index in [1.807, 2.05) is 24.3 Å². The average Bonchev–Trinajstić information content (AvgIpc) is 3.39. The fourth-order valence-corrected chi connectivity index (χ4v) is 6.01. The monoisotopic (exact) mass is 432 g/mol. The second-order valence-electron chi connectivity index (χ2n) is 7.08. The number of anilines is 1. The third kappa shape index (κ3) is 4.02. The van der Waals surface area contributed by atoms with Crippen molar-refractivity contribution in [2.45, 2.75) is 17.7 Å². The summed E-state index contributed by atoms with van der Waals surface area (Å²) >= 11 is 2.75. The summed E-state index contributed by atoms with van der Waals surface area (Å²) in [6.45, 7) is 2.12. The van der Waals surface area contributed by atoms with Crippen molar-refractivity contribution in [3.05, 3.63) is 30.4 Å². The number of nitrogens with one attached hydrogen (secondary N) is 1. The Kier molecular flexibility index (Phi) is 5.60. The SMILES string of the molecule is CCOC(=O)CSc1nc2ccc(NC(=O)[C@H]3[C@H](C(=O)O)[C@H]4C=C[C@H]3C4)cc2s1. The van der Waals surface area contributed by atoms with Crippen LogP contribution in [0, 0.1) is 23.7 Å². The molecular formula is C20H20N2O5S2. The normalized spacial score (nSPS) is 24.7. The van der Waals surface area contributed by atoms with Gasteiger partial charge in [-0.05, 0) is 43.4 Å². The number of nitrogens with zero attached hydrogens (tertiary/aromatic N) is 1. The molecule has 1 aromatic heterocycles. The third-order valence-electron chi connectivity index (χ3n) is 5.30. The summed E-state index contributed by atoms with van der Waals surface area (Å²) in [5.41, 5.74) is 1.40. The highest BCUT2D eigenvalue weighted by Gasteiger charge is 2.51. The number of rotatable bonds is 7. The van der Waals surface area contributed by atoms with Gasteiger partial charge in [0.2, 0.25) is 5.91 Å². The number of benzene rings is 1. The van der Waals surface area contributed by atoms with Crippen molar-refractivity contribution in [3.8, 4) is 0 Å². The molecule has 9 heteroatoms. The van der Waals surface area contributed by atoms with E-state index in [9.17, 15) is 19.5 Å². The van der Waals surface area contributed by atoms with Crippen LogP contribution in [0.15, 0.2) is 34.7 Å². The number of hydrogen-bond acceptors (Lipinski definition) is 7. The first-order valence-corrected chi connectivity index (χ1v) is 11.2. The molecule has 4 rings (SSSR count). The van der Waals surface area contributed by atoms with Crippen molar-refractivity contribution in [2.75, 3.05) is 17.7 Å². The molecule has 1 amide bonds. The highest BCUT2D eigenvalue weighted by atomic mass is 32.2. The van der Waals surface area contributed by atoms with Gasteiger partial charge in [0, 0.05) is 5.69 Å². The molecule has 2 aliphatic carbocycles. The van der Waals surface area contributed by atoms with E-state index in [1.54, 1.807) is 13.0 Å². The molecule has 1 heterocycles. The number of carboxylic acid groups (broad SMARTS) is 1. The van der Waals surface area contributed by atoms with E-state index in [0.717, 1.165) is 21.0 Å². The van der Waals surface area contributed by atoms with Crippen LogP contribution in [-0.2, 0) is 19.1 Å². The number of aliphatic carboxylic acids is 1. The van der Waals surface area contributed by atoms with Gasteiger partial charge in [0.25, 0.3) is 0 Å². The number of carbonyl (C=O) groups is 3. The number of thiazole rings is 1. The number of thioether (sulfide) groups is 1. The number of esters is 1. The summed E-state index contributed by atoms with van der Waals surface area (Å²) in [7, 11) is 0. The zero-order chi connectivity index (χ0) is 20.5. The lowest BCUT2D eigenvalue weighted by Crippen LogP contribution is -2.36. The number of fused-ring (bicyclic) bond motifs is 3. The quantitative estimate of drug-likeness (QED) is 0.392. The number of carboxylic acids is 1. The summed E-state index contributed by atoms with van der Waals surface area (Å²) in [5.74, 6) is -2.53. The van der Waals surface area contributed by atoms with E-state index in [0.29, 0.717) is 12.3 Å². The van der Waals surface area contributed by atoms with Crippen LogP contribution in [0.25, 0.3) is 10.2 Å². The molecule has 2 aliphatic rings. The standard InChI is InChI=1S/C20H20N2O5S2/c1-2-27-15(23)9-28-20-22-13-6-5-12(8-14(13)29-20)21-18(24)16-10-3-4-11(7-10)17(16)19(25)26/h3-6,8,10-11,16-17H,2,7,9H2,1H3,(H,21,24)(H,25,26)/t10-,11-,16+,17+/m0/s1. The van der Waals surface area contributed by atoms with Crippen LogP contribution in [-0.4, -0.2) is 40.3 Å². The first kappa shape index (κ1) is 19.9. The van der Waals surface area contributed by atoms with Crippen molar-refractivity contribution < 1.29 is 24.2 Å². The lowest BCUT2D eigenvalue weighted by atomic mass is 9.82. The minimum Gasteiger partial charge on any atom is -0.481 e. The number of hydrogen-bond donors (Lipinski definition) is 2. The molecule has 2 bridgehead atoms. The number of allylic oxidation sites excluding steroid dienone is 2. The Morgan fingerprint density at radius 1 is 1.28 bits per heavy atom. The van der Waals surface area contributed by atoms with Gasteiger partial charge >= 0.3 is 11.9 Å². The largest absolute Gasteiger partial charge is 0.481 e. The lowest BCUT2D eigenvalue weighted by molar-refractivity contribution is -0.146. The van der Waals surface area contributed by atoms with Crippen molar-refractivity contribution >= 4 is 56.8 Å². The Morgan fingerprint density at radius 2 is 2.03 bits per heavy atom. The van der Waals surface area contributed by atoms with E-state index < -0.39 is 17.8 Å². The van der Waals surface area contributed by atoms with Crippen molar-refractivity contribution in [1.29, 1.82) is 0 Å². The summed E-state index contributed by atoms with van der Waals surface area (Å²) in [6.07, 6.45) is 4.61. The van der Waals surface area contributed by atoms with Crippen LogP contribution in [0.3, 0.4) is 0 Å². The highest BCUT2D eigenvalue weighted by molar-refractivity contribution is 8.01. The molecule has 0 radical (unpaired) electrons. The van der Waals surface area contributed by atoms with Gasteiger partial charge in [0.1, 0.15) is 0 Å². The zero-order valence-electron chi connectivity index (χ0n) is 15.7. The first-order chi connectivity index (χ1) is 14.0. The minimum absolute atomic E-state index is 0.0147. The van der Waals surface area contributed by atoms with Crippen LogP contribution < -0.4 is 5.32 Å². The van der Waals surface area contributed by atoms with Gasteiger partial charge in [-0.2, -0.15) is 0 Å². The number of aromatic nitrogens is 1. The summed E-state index contributed by atoms with van der Waals surface area (Å²) < 4.78 is 6.56. The topological polar surface area (TPSA) is 106 Å². The number of carbonyl (C=O) groups excluding carboxylic acids is 2. The van der Waals surface area contributed by atoms with Crippen molar-refractivity contribution in [3.63, 3.8) is 0 Å². The summed E-state index contributed by atoms with van der Waals surface area (Å²) in [4.78, 5) is 40.4. The molecule has 1 fully saturated rings. The molecule has 4 atom stereocenters. The van der Waals surface area contributed by atoms with E-state index in [4.69, 9.17) is 4.74 Å². The Bertz CT molecular complexity index is 1000. The maximum absolute atomic E-state index is 12.8. The second-order valence-corrected chi connectivity index (χ2v) is 9.34. The molecule has 0 spiro atoms. The molecule has 0 unspecified atom stereocenters. The fraction of sp³-hybridized carbons (Fsp3) is 0.400. The van der Waals surface area contributed by atoms with Crippen LogP contribution in [0.2, 0.25) is 0 Å². The first-order valence-electron chi connectivity index (χ1n) is 9.37. The van der Waals surface area contributed by atoms with Crippen molar-refractivity contribution in [1.82, 2.24) is 4.98 Å². The Morgan fingerprint density at radius 3 is 2.76 bits per heavy atom. The molecule has 7 nitrogen and oxygen atoms in total. The summed E-state index contributed by atoms with van der Waals surface area (Å²) in [6, 6.07) is 5.40. The van der Waals surface area contributed by atoms with E-state index in [-0.39, 0.29) is 29.5 Å². The molecule has 2 aromatic rings. The molecule has 29 heavy (non-hydrogen) atoms. The number of ether oxygens (including phenoxy) is 1. The Labute approximate surface area is 175 Å². The van der Waals surface area contributed by atoms with Crippen LogP contribution in [0.4, 0.5) is 5.69 Å². The molecule has 152 valence electrons. The Hall–Kier alpha value is -2.39. The maximum atomic E-state index is 12.8. The second kappa shape index (κ2) is 8.16. The predicted molar refractivity (Wildman–Crippen MR) is 111 cm³/mol. The van der Waals surface area contributed by atoms with Crippen molar-refractivity contribution in [2.24, 2.45) is 23.7 Å². The van der Waals surface area contributed by atoms with Crippen LogP contribution >= 0.6 is 23.1 Å². The predicted octanol–water partition coefficient (Wildman–Crippen LogP) is 3.41. The molecule has 0 saturated heterocycles. The zero-order valence-corrected chi connectivity index (χ0v) is 17.3. The van der Waals surface area contributed by atoms with Gasteiger partial charge in [-0.3, -0.25) is 14.4 Å². The van der Waals surface area contributed by atoms with Crippen LogP contribution in [0.5, 0.6) is 0 Å². The van der Waals surface area contributed by atoms with Gasteiger partial charge in [0.15, 0.2) is 4.34 Å². The molecule has 0 aliphatic heterocycles. The lowest BCUT2D eigenvalue weighted by Gasteiger charge is -2.23. The van der Waals surface area contributed by atoms with Gasteiger partial charge in [-0.1, -0.05) is 23.9 Å². The average molecular weight is 433 g/mol. The smallest absolute Gasteiger partial charge is 0.316 e. The van der Waals surface area contributed by atoms with Gasteiger partial charge in [-0.25, -0.2) is 4.98 Å².